The third-order valence-corrected chi connectivity index (χ3v) is 4.75. The predicted octanol–water partition coefficient (Wildman–Crippen LogP) is 3.77. The molecule has 0 aliphatic heterocycles. The number of fused-ring (bicyclic) bond motifs is 2. The lowest BCUT2D eigenvalue weighted by Gasteiger charge is -2.18. The number of hydrogen-bond donors (Lipinski definition) is 1. The normalized spacial score (nSPS) is 11.4. The maximum Gasteiger partial charge on any atom is 0.253 e. The summed E-state index contributed by atoms with van der Waals surface area (Å²) in [7, 11) is 0. The Kier molecular flexibility index (Phi) is 5.29. The van der Waals surface area contributed by atoms with E-state index in [2.05, 4.69) is 43.1 Å². The molecule has 130 valence electrons. The van der Waals surface area contributed by atoms with Crippen LogP contribution in [0.4, 0.5) is 0 Å². The van der Waals surface area contributed by atoms with E-state index in [-0.39, 0.29) is 5.91 Å². The van der Waals surface area contributed by atoms with Gasteiger partial charge in [-0.15, -0.1) is 0 Å². The number of hydrogen-bond acceptors (Lipinski definition) is 3. The number of para-hydroxylation sites is 1. The quantitative estimate of drug-likeness (QED) is 0.698. The van der Waals surface area contributed by atoms with Crippen LogP contribution in [0.25, 0.3) is 21.8 Å². The fourth-order valence-corrected chi connectivity index (χ4v) is 3.17. The summed E-state index contributed by atoms with van der Waals surface area (Å²) in [5.41, 5.74) is 3.53. The fourth-order valence-electron chi connectivity index (χ4n) is 3.17. The van der Waals surface area contributed by atoms with Crippen molar-refractivity contribution in [3.8, 4) is 0 Å². The highest BCUT2D eigenvalue weighted by Crippen LogP contribution is 2.24. The monoisotopic (exact) mass is 335 g/mol. The average Bonchev–Trinajstić information content (AvgIpc) is 2.63. The van der Waals surface area contributed by atoms with Crippen molar-refractivity contribution in [1.29, 1.82) is 0 Å². The number of carbonyl (C=O) groups is 1. The molecule has 0 bridgehead atoms. The molecule has 25 heavy (non-hydrogen) atoms. The summed E-state index contributed by atoms with van der Waals surface area (Å²) in [6.07, 6.45) is 0. The van der Waals surface area contributed by atoms with Gasteiger partial charge in [0.15, 0.2) is 0 Å². The highest BCUT2D eigenvalue weighted by molar-refractivity contribution is 6.08. The van der Waals surface area contributed by atoms with Crippen molar-refractivity contribution in [1.82, 2.24) is 15.2 Å². The van der Waals surface area contributed by atoms with Gasteiger partial charge in [0.25, 0.3) is 5.91 Å². The number of benzene rings is 2. The van der Waals surface area contributed by atoms with E-state index in [0.717, 1.165) is 41.4 Å². The molecule has 0 unspecified atom stereocenters. The molecule has 3 rings (SSSR count). The molecular weight excluding hydrogens is 310 g/mol. The number of nitrogens with one attached hydrogen (secondary N) is 1. The van der Waals surface area contributed by atoms with Crippen LogP contribution in [0.1, 0.15) is 29.8 Å². The lowest BCUT2D eigenvalue weighted by Crippen LogP contribution is -2.34. The molecule has 3 aromatic rings. The van der Waals surface area contributed by atoms with Gasteiger partial charge in [0, 0.05) is 23.9 Å². The summed E-state index contributed by atoms with van der Waals surface area (Å²) in [4.78, 5) is 19.7. The van der Waals surface area contributed by atoms with Crippen molar-refractivity contribution in [2.24, 2.45) is 0 Å². The Morgan fingerprint density at radius 2 is 1.88 bits per heavy atom. The van der Waals surface area contributed by atoms with Gasteiger partial charge in [-0.25, -0.2) is 4.98 Å². The zero-order valence-electron chi connectivity index (χ0n) is 15.2. The predicted molar refractivity (Wildman–Crippen MR) is 104 cm³/mol. The summed E-state index contributed by atoms with van der Waals surface area (Å²) < 4.78 is 0. The molecular formula is C21H25N3O. The molecule has 1 aromatic heterocycles. The summed E-state index contributed by atoms with van der Waals surface area (Å²) in [6, 6.07) is 14.0. The molecule has 0 aliphatic carbocycles. The van der Waals surface area contributed by atoms with Gasteiger partial charge in [-0.1, -0.05) is 38.1 Å². The first-order chi connectivity index (χ1) is 12.1. The first-order valence-electron chi connectivity index (χ1n) is 8.93. The molecule has 0 radical (unpaired) electrons. The Morgan fingerprint density at radius 3 is 2.64 bits per heavy atom. The van der Waals surface area contributed by atoms with Crippen LogP contribution in [0, 0.1) is 6.92 Å². The van der Waals surface area contributed by atoms with Crippen molar-refractivity contribution < 1.29 is 4.79 Å². The van der Waals surface area contributed by atoms with Gasteiger partial charge in [-0.3, -0.25) is 4.79 Å². The number of amides is 1. The van der Waals surface area contributed by atoms with Crippen LogP contribution in [0.2, 0.25) is 0 Å². The van der Waals surface area contributed by atoms with Crippen LogP contribution >= 0.6 is 0 Å². The maximum absolute atomic E-state index is 12.7. The SMILES string of the molecule is CCN(CC)CCNC(=O)c1cccc2cc3c(C)cccc3nc12. The Morgan fingerprint density at radius 1 is 1.12 bits per heavy atom. The molecule has 1 heterocycles. The van der Waals surface area contributed by atoms with Gasteiger partial charge in [-0.2, -0.15) is 0 Å². The highest BCUT2D eigenvalue weighted by Gasteiger charge is 2.12. The minimum Gasteiger partial charge on any atom is -0.351 e. The van der Waals surface area contributed by atoms with Crippen molar-refractivity contribution in [2.45, 2.75) is 20.8 Å². The van der Waals surface area contributed by atoms with Gasteiger partial charge < -0.3 is 10.2 Å². The van der Waals surface area contributed by atoms with Crippen LogP contribution in [0.15, 0.2) is 42.5 Å². The third-order valence-electron chi connectivity index (χ3n) is 4.75. The second kappa shape index (κ2) is 7.62. The number of rotatable bonds is 6. The number of likely N-dealkylation sites (N-methyl/N-ethyl adjacent to an activating group) is 1. The molecule has 0 saturated heterocycles. The zero-order valence-corrected chi connectivity index (χ0v) is 15.2. The number of pyridine rings is 1. The van der Waals surface area contributed by atoms with E-state index in [0.29, 0.717) is 12.1 Å². The minimum atomic E-state index is -0.0581. The summed E-state index contributed by atoms with van der Waals surface area (Å²) in [6.45, 7) is 9.84. The maximum atomic E-state index is 12.7. The van der Waals surface area contributed by atoms with E-state index >= 15 is 0 Å². The van der Waals surface area contributed by atoms with Gasteiger partial charge >= 0.3 is 0 Å². The molecule has 4 nitrogen and oxygen atoms in total. The third kappa shape index (κ3) is 3.64. The Labute approximate surface area is 148 Å². The van der Waals surface area contributed by atoms with Crippen LogP contribution < -0.4 is 5.32 Å². The summed E-state index contributed by atoms with van der Waals surface area (Å²) >= 11 is 0. The van der Waals surface area contributed by atoms with Crippen LogP contribution in [-0.4, -0.2) is 42.0 Å². The average molecular weight is 335 g/mol. The van der Waals surface area contributed by atoms with Crippen molar-refractivity contribution >= 4 is 27.7 Å². The number of aryl methyl sites for hydroxylation is 1. The molecule has 2 aromatic carbocycles. The van der Waals surface area contributed by atoms with E-state index < -0.39 is 0 Å². The standard InChI is InChI=1S/C21H25N3O/c1-4-24(5-2)13-12-22-21(25)17-10-7-9-16-14-18-15(3)8-6-11-19(18)23-20(16)17/h6-11,14H,4-5,12-13H2,1-3H3,(H,22,25). The second-order valence-corrected chi connectivity index (χ2v) is 6.29. The Balaban J connectivity index is 1.89. The molecule has 0 spiro atoms. The van der Waals surface area contributed by atoms with Crippen molar-refractivity contribution in [2.75, 3.05) is 26.2 Å². The summed E-state index contributed by atoms with van der Waals surface area (Å²) in [5.74, 6) is -0.0581. The van der Waals surface area contributed by atoms with Gasteiger partial charge in [-0.05, 0) is 43.8 Å². The van der Waals surface area contributed by atoms with Crippen LogP contribution in [0.5, 0.6) is 0 Å². The van der Waals surface area contributed by atoms with Gasteiger partial charge in [0.2, 0.25) is 0 Å². The first-order valence-corrected chi connectivity index (χ1v) is 8.93. The highest BCUT2D eigenvalue weighted by atomic mass is 16.1. The molecule has 0 atom stereocenters. The minimum absolute atomic E-state index is 0.0581. The van der Waals surface area contributed by atoms with Crippen LogP contribution in [-0.2, 0) is 0 Å². The Bertz CT molecular complexity index is 900. The van der Waals surface area contributed by atoms with E-state index in [1.807, 2.05) is 30.3 Å². The molecule has 4 heteroatoms. The Hall–Kier alpha value is -2.46. The van der Waals surface area contributed by atoms with Crippen molar-refractivity contribution in [3.05, 3.63) is 53.6 Å². The lowest BCUT2D eigenvalue weighted by atomic mass is 10.0. The number of aromatic nitrogens is 1. The first kappa shape index (κ1) is 17.4. The summed E-state index contributed by atoms with van der Waals surface area (Å²) in [5, 5.41) is 5.16. The molecule has 0 fully saturated rings. The fraction of sp³-hybridized carbons (Fsp3) is 0.333. The van der Waals surface area contributed by atoms with E-state index in [1.54, 1.807) is 0 Å². The largest absolute Gasteiger partial charge is 0.351 e. The smallest absolute Gasteiger partial charge is 0.253 e. The van der Waals surface area contributed by atoms with Crippen LogP contribution in [0.3, 0.4) is 0 Å². The molecule has 0 saturated carbocycles. The van der Waals surface area contributed by atoms with Gasteiger partial charge in [0.05, 0.1) is 16.6 Å². The molecule has 1 N–H and O–H groups in total. The zero-order chi connectivity index (χ0) is 17.8. The van der Waals surface area contributed by atoms with E-state index in [9.17, 15) is 4.79 Å². The topological polar surface area (TPSA) is 45.2 Å². The molecule has 0 aliphatic rings. The molecule has 1 amide bonds. The number of carbonyl (C=O) groups excluding carboxylic acids is 1. The van der Waals surface area contributed by atoms with Gasteiger partial charge in [0.1, 0.15) is 0 Å². The second-order valence-electron chi connectivity index (χ2n) is 6.29. The van der Waals surface area contributed by atoms with Crippen molar-refractivity contribution in [3.63, 3.8) is 0 Å². The number of nitrogens with zero attached hydrogens (tertiary/aromatic N) is 2. The van der Waals surface area contributed by atoms with E-state index in [1.165, 1.54) is 5.56 Å². The van der Waals surface area contributed by atoms with E-state index in [4.69, 9.17) is 4.98 Å². The lowest BCUT2D eigenvalue weighted by molar-refractivity contribution is 0.0950.